The number of nitrogens with one attached hydrogen (secondary N) is 1. The Morgan fingerprint density at radius 2 is 1.97 bits per heavy atom. The number of halogens is 3. The summed E-state index contributed by atoms with van der Waals surface area (Å²) >= 11 is 12.5. The van der Waals surface area contributed by atoms with Crippen molar-refractivity contribution < 1.29 is 13.6 Å². The van der Waals surface area contributed by atoms with E-state index in [-0.39, 0.29) is 24.7 Å². The van der Waals surface area contributed by atoms with Crippen LogP contribution in [0.15, 0.2) is 59.2 Å². The summed E-state index contributed by atoms with van der Waals surface area (Å²) in [5, 5.41) is 3.63. The SMILES string of the molecule is CCC(C(=O)NCc1ccco1)n1c(Cc2ccccc2F)nc2cc(Cl)c(Cl)cc21. The van der Waals surface area contributed by atoms with Crippen molar-refractivity contribution >= 4 is 40.1 Å². The summed E-state index contributed by atoms with van der Waals surface area (Å²) in [6.45, 7) is 2.18. The standard InChI is InChI=1S/C23H20Cl2FN3O2/c1-2-20(23(30)27-13-15-7-5-9-31-15)29-21-12-17(25)16(24)11-19(21)28-22(29)10-14-6-3-4-8-18(14)26/h3-9,11-12,20H,2,10,13H2,1H3,(H,27,30). The lowest BCUT2D eigenvalue weighted by atomic mass is 10.1. The van der Waals surface area contributed by atoms with Gasteiger partial charge in [-0.2, -0.15) is 0 Å². The van der Waals surface area contributed by atoms with E-state index in [1.54, 1.807) is 48.7 Å². The zero-order valence-corrected chi connectivity index (χ0v) is 18.3. The molecular formula is C23H20Cl2FN3O2. The molecule has 2 aromatic heterocycles. The van der Waals surface area contributed by atoms with E-state index < -0.39 is 6.04 Å². The van der Waals surface area contributed by atoms with Crippen molar-refractivity contribution in [3.63, 3.8) is 0 Å². The van der Waals surface area contributed by atoms with Crippen LogP contribution in [0.5, 0.6) is 0 Å². The molecule has 0 aliphatic carbocycles. The minimum atomic E-state index is -0.570. The normalized spacial score (nSPS) is 12.3. The number of nitrogens with zero attached hydrogens (tertiary/aromatic N) is 2. The number of imidazole rings is 1. The van der Waals surface area contributed by atoms with Gasteiger partial charge in [0.05, 0.1) is 33.9 Å². The number of fused-ring (bicyclic) bond motifs is 1. The minimum Gasteiger partial charge on any atom is -0.467 e. The maximum Gasteiger partial charge on any atom is 0.243 e. The molecule has 1 N–H and O–H groups in total. The Kier molecular flexibility index (Phi) is 6.30. The molecule has 4 rings (SSSR count). The van der Waals surface area contributed by atoms with Gasteiger partial charge >= 0.3 is 0 Å². The smallest absolute Gasteiger partial charge is 0.243 e. The quantitative estimate of drug-likeness (QED) is 0.372. The highest BCUT2D eigenvalue weighted by atomic mass is 35.5. The lowest BCUT2D eigenvalue weighted by Gasteiger charge is -2.20. The predicted octanol–water partition coefficient (Wildman–Crippen LogP) is 5.93. The molecule has 0 radical (unpaired) electrons. The van der Waals surface area contributed by atoms with E-state index in [0.717, 1.165) is 0 Å². The Labute approximate surface area is 188 Å². The summed E-state index contributed by atoms with van der Waals surface area (Å²) in [5.74, 6) is 0.685. The van der Waals surface area contributed by atoms with Crippen LogP contribution in [0.1, 0.15) is 36.5 Å². The molecule has 0 aliphatic rings. The van der Waals surface area contributed by atoms with Crippen molar-refractivity contribution in [1.82, 2.24) is 14.9 Å². The van der Waals surface area contributed by atoms with Gasteiger partial charge in [-0.25, -0.2) is 9.37 Å². The fourth-order valence-corrected chi connectivity index (χ4v) is 3.93. The number of amides is 1. The highest BCUT2D eigenvalue weighted by molar-refractivity contribution is 6.42. The van der Waals surface area contributed by atoms with E-state index in [1.807, 2.05) is 11.5 Å². The third-order valence-electron chi connectivity index (χ3n) is 5.13. The highest BCUT2D eigenvalue weighted by Gasteiger charge is 2.25. The van der Waals surface area contributed by atoms with Crippen molar-refractivity contribution in [3.8, 4) is 0 Å². The van der Waals surface area contributed by atoms with Gasteiger partial charge in [0.25, 0.3) is 0 Å². The van der Waals surface area contributed by atoms with Gasteiger partial charge in [0.2, 0.25) is 5.91 Å². The van der Waals surface area contributed by atoms with E-state index >= 15 is 0 Å². The number of carbonyl (C=O) groups excluding carboxylic acids is 1. The number of hydrogen-bond acceptors (Lipinski definition) is 3. The summed E-state index contributed by atoms with van der Waals surface area (Å²) in [6.07, 6.45) is 2.28. The molecule has 0 fully saturated rings. The number of hydrogen-bond donors (Lipinski definition) is 1. The maximum atomic E-state index is 14.3. The van der Waals surface area contributed by atoms with Crippen LogP contribution in [-0.4, -0.2) is 15.5 Å². The van der Waals surface area contributed by atoms with Gasteiger partial charge < -0.3 is 14.3 Å². The first-order valence-electron chi connectivity index (χ1n) is 9.87. The van der Waals surface area contributed by atoms with Crippen molar-refractivity contribution in [2.24, 2.45) is 0 Å². The second-order valence-electron chi connectivity index (χ2n) is 7.14. The topological polar surface area (TPSA) is 60.1 Å². The minimum absolute atomic E-state index is 0.195. The first-order chi connectivity index (χ1) is 15.0. The van der Waals surface area contributed by atoms with Gasteiger partial charge in [0.1, 0.15) is 23.4 Å². The molecule has 0 spiro atoms. The molecule has 1 unspecified atom stereocenters. The largest absolute Gasteiger partial charge is 0.467 e. The van der Waals surface area contributed by atoms with Crippen LogP contribution >= 0.6 is 23.2 Å². The Morgan fingerprint density at radius 3 is 2.68 bits per heavy atom. The Hall–Kier alpha value is -2.83. The number of rotatable bonds is 7. The summed E-state index contributed by atoms with van der Waals surface area (Å²) < 4.78 is 21.5. The molecule has 0 bridgehead atoms. The molecule has 160 valence electrons. The zero-order valence-electron chi connectivity index (χ0n) is 16.7. The molecule has 8 heteroatoms. The maximum absolute atomic E-state index is 14.3. The van der Waals surface area contributed by atoms with Crippen molar-refractivity contribution in [3.05, 3.63) is 87.8 Å². The number of aromatic nitrogens is 2. The lowest BCUT2D eigenvalue weighted by Crippen LogP contribution is -2.32. The van der Waals surface area contributed by atoms with Gasteiger partial charge in [-0.05, 0) is 42.3 Å². The first-order valence-corrected chi connectivity index (χ1v) is 10.6. The summed E-state index contributed by atoms with van der Waals surface area (Å²) in [4.78, 5) is 17.8. The Bertz CT molecular complexity index is 1220. The molecule has 1 amide bonds. The van der Waals surface area contributed by atoms with Gasteiger partial charge in [0.15, 0.2) is 0 Å². The number of carbonyl (C=O) groups is 1. The van der Waals surface area contributed by atoms with Crippen LogP contribution in [0.3, 0.4) is 0 Å². The third kappa shape index (κ3) is 4.45. The van der Waals surface area contributed by atoms with Crippen molar-refractivity contribution in [2.45, 2.75) is 32.4 Å². The third-order valence-corrected chi connectivity index (χ3v) is 5.85. The first kappa shape index (κ1) is 21.4. The summed E-state index contributed by atoms with van der Waals surface area (Å²) in [7, 11) is 0. The zero-order chi connectivity index (χ0) is 22.0. The fraction of sp³-hybridized carbons (Fsp3) is 0.217. The number of benzene rings is 2. The molecule has 2 aromatic carbocycles. The van der Waals surface area contributed by atoms with Crippen LogP contribution in [-0.2, 0) is 17.8 Å². The van der Waals surface area contributed by atoms with Crippen LogP contribution in [0.2, 0.25) is 10.0 Å². The molecule has 31 heavy (non-hydrogen) atoms. The highest BCUT2D eigenvalue weighted by Crippen LogP contribution is 2.32. The Balaban J connectivity index is 1.76. The molecule has 2 heterocycles. The molecule has 4 aromatic rings. The molecule has 0 aliphatic heterocycles. The van der Waals surface area contributed by atoms with Crippen LogP contribution < -0.4 is 5.32 Å². The molecule has 5 nitrogen and oxygen atoms in total. The van der Waals surface area contributed by atoms with Crippen LogP contribution in [0.25, 0.3) is 11.0 Å². The van der Waals surface area contributed by atoms with Gasteiger partial charge in [0, 0.05) is 6.42 Å². The fourth-order valence-electron chi connectivity index (χ4n) is 3.62. The predicted molar refractivity (Wildman–Crippen MR) is 119 cm³/mol. The van der Waals surface area contributed by atoms with Gasteiger partial charge in [-0.1, -0.05) is 48.3 Å². The summed E-state index contributed by atoms with van der Waals surface area (Å²) in [5.41, 5.74) is 1.75. The lowest BCUT2D eigenvalue weighted by molar-refractivity contribution is -0.124. The van der Waals surface area contributed by atoms with Gasteiger partial charge in [-0.15, -0.1) is 0 Å². The van der Waals surface area contributed by atoms with E-state index in [2.05, 4.69) is 10.3 Å². The monoisotopic (exact) mass is 459 g/mol. The van der Waals surface area contributed by atoms with Gasteiger partial charge in [-0.3, -0.25) is 4.79 Å². The molecule has 1 atom stereocenters. The summed E-state index contributed by atoms with van der Waals surface area (Å²) in [6, 6.07) is 12.9. The Morgan fingerprint density at radius 1 is 1.19 bits per heavy atom. The van der Waals surface area contributed by atoms with E-state index in [0.29, 0.717) is 44.6 Å². The second-order valence-corrected chi connectivity index (χ2v) is 7.96. The average Bonchev–Trinajstić information content (AvgIpc) is 3.38. The second kappa shape index (κ2) is 9.12. The van der Waals surface area contributed by atoms with Crippen LogP contribution in [0.4, 0.5) is 4.39 Å². The molecular weight excluding hydrogens is 440 g/mol. The van der Waals surface area contributed by atoms with Crippen LogP contribution in [0, 0.1) is 5.82 Å². The van der Waals surface area contributed by atoms with E-state index in [1.165, 1.54) is 6.07 Å². The number of furan rings is 1. The molecule has 0 saturated carbocycles. The van der Waals surface area contributed by atoms with E-state index in [9.17, 15) is 9.18 Å². The molecule has 0 saturated heterocycles. The average molecular weight is 460 g/mol. The van der Waals surface area contributed by atoms with Crippen molar-refractivity contribution in [2.75, 3.05) is 0 Å². The van der Waals surface area contributed by atoms with Crippen molar-refractivity contribution in [1.29, 1.82) is 0 Å². The van der Waals surface area contributed by atoms with E-state index in [4.69, 9.17) is 27.6 Å².